The lowest BCUT2D eigenvalue weighted by Gasteiger charge is -2.25. The Hall–Kier alpha value is -1.81. The van der Waals surface area contributed by atoms with Crippen LogP contribution in [0.3, 0.4) is 0 Å². The van der Waals surface area contributed by atoms with Gasteiger partial charge in [-0.25, -0.2) is 4.79 Å². The number of hydrogen-bond donors (Lipinski definition) is 5. The number of carbonyl (C=O) groups excluding carboxylic acids is 1. The first-order valence-corrected chi connectivity index (χ1v) is 6.32. The molecule has 0 aromatic carbocycles. The van der Waals surface area contributed by atoms with Crippen molar-refractivity contribution in [2.75, 3.05) is 6.54 Å². The minimum absolute atomic E-state index is 0.118. The zero-order valence-electron chi connectivity index (χ0n) is 11.0. The summed E-state index contributed by atoms with van der Waals surface area (Å²) in [5.74, 6) is -2.05. The monoisotopic (exact) mass is 286 g/mol. The first-order chi connectivity index (χ1) is 9.32. The number of carboxylic acids is 1. The summed E-state index contributed by atoms with van der Waals surface area (Å²) < 4.78 is 0. The number of nitrogens with zero attached hydrogens (tertiary/aromatic N) is 2. The van der Waals surface area contributed by atoms with E-state index in [1.54, 1.807) is 0 Å². The zero-order valence-corrected chi connectivity index (χ0v) is 11.0. The van der Waals surface area contributed by atoms with E-state index in [-0.39, 0.29) is 18.8 Å². The number of likely N-dealkylation sites (tertiary alicyclic amines) is 1. The van der Waals surface area contributed by atoms with E-state index < -0.39 is 31.1 Å². The summed E-state index contributed by atoms with van der Waals surface area (Å²) in [6.45, 7) is 0.263. The molecular formula is C10H19BN4O5. The summed E-state index contributed by atoms with van der Waals surface area (Å²) in [7, 11) is -1.44. The highest BCUT2D eigenvalue weighted by molar-refractivity contribution is 6.40. The molecule has 2 atom stereocenters. The van der Waals surface area contributed by atoms with Crippen LogP contribution in [0.4, 0.5) is 4.79 Å². The van der Waals surface area contributed by atoms with E-state index >= 15 is 0 Å². The number of carbonyl (C=O) groups is 2. The fourth-order valence-electron chi connectivity index (χ4n) is 2.42. The third kappa shape index (κ3) is 4.39. The van der Waals surface area contributed by atoms with Crippen molar-refractivity contribution in [3.8, 4) is 0 Å². The van der Waals surface area contributed by atoms with E-state index in [2.05, 4.69) is 4.99 Å². The molecule has 0 radical (unpaired) electrons. The summed E-state index contributed by atoms with van der Waals surface area (Å²) in [6, 6.07) is -1.20. The number of urea groups is 1. The van der Waals surface area contributed by atoms with Gasteiger partial charge in [-0.15, -0.1) is 0 Å². The number of amides is 2. The number of aliphatic carboxylic acids is 1. The van der Waals surface area contributed by atoms with Gasteiger partial charge in [0.05, 0.1) is 5.92 Å². The molecule has 0 aliphatic carbocycles. The lowest BCUT2D eigenvalue weighted by atomic mass is 9.82. The van der Waals surface area contributed by atoms with Gasteiger partial charge in [0, 0.05) is 12.6 Å². The highest BCUT2D eigenvalue weighted by Gasteiger charge is 2.40. The Morgan fingerprint density at radius 1 is 1.35 bits per heavy atom. The Bertz CT molecular complexity index is 399. The Morgan fingerprint density at radius 3 is 2.50 bits per heavy atom. The van der Waals surface area contributed by atoms with Crippen LogP contribution in [0.25, 0.3) is 0 Å². The molecule has 1 saturated heterocycles. The van der Waals surface area contributed by atoms with E-state index in [0.29, 0.717) is 19.3 Å². The maximum Gasteiger partial charge on any atom is 0.451 e. The van der Waals surface area contributed by atoms with Crippen LogP contribution in [-0.4, -0.2) is 57.7 Å². The Labute approximate surface area is 116 Å². The molecule has 1 rings (SSSR count). The highest BCUT2D eigenvalue weighted by Crippen LogP contribution is 2.29. The van der Waals surface area contributed by atoms with Gasteiger partial charge in [0.2, 0.25) is 0 Å². The van der Waals surface area contributed by atoms with Crippen molar-refractivity contribution in [1.29, 1.82) is 0 Å². The van der Waals surface area contributed by atoms with Gasteiger partial charge in [-0.1, -0.05) is 6.42 Å². The van der Waals surface area contributed by atoms with Crippen LogP contribution in [0.15, 0.2) is 4.99 Å². The summed E-state index contributed by atoms with van der Waals surface area (Å²) in [6.07, 6.45) is 1.18. The quantitative estimate of drug-likeness (QED) is 0.231. The van der Waals surface area contributed by atoms with E-state index in [1.807, 2.05) is 0 Å². The molecule has 1 heterocycles. The van der Waals surface area contributed by atoms with E-state index in [1.165, 1.54) is 4.90 Å². The third-order valence-corrected chi connectivity index (χ3v) is 3.30. The van der Waals surface area contributed by atoms with E-state index in [4.69, 9.17) is 26.6 Å². The summed E-state index contributed by atoms with van der Waals surface area (Å²) >= 11 is 0. The van der Waals surface area contributed by atoms with Crippen LogP contribution < -0.4 is 11.5 Å². The van der Waals surface area contributed by atoms with Gasteiger partial charge in [0.25, 0.3) is 0 Å². The van der Waals surface area contributed by atoms with Crippen molar-refractivity contribution < 1.29 is 24.7 Å². The fraction of sp³-hybridized carbons (Fsp3) is 0.700. The molecule has 112 valence electrons. The summed E-state index contributed by atoms with van der Waals surface area (Å²) in [5.41, 5.74) is 10.3. The van der Waals surface area contributed by atoms with Crippen molar-refractivity contribution in [2.24, 2.45) is 22.4 Å². The highest BCUT2D eigenvalue weighted by atomic mass is 16.4. The maximum absolute atomic E-state index is 11.8. The SMILES string of the molecule is NC(N)=NC(=O)N1CCC(C(=O)O)C1CCCB(O)O. The van der Waals surface area contributed by atoms with Crippen molar-refractivity contribution in [3.63, 3.8) is 0 Å². The van der Waals surface area contributed by atoms with Crippen molar-refractivity contribution in [1.82, 2.24) is 4.90 Å². The molecule has 2 amide bonds. The smallest absolute Gasteiger partial charge is 0.451 e. The molecule has 1 aliphatic rings. The van der Waals surface area contributed by atoms with E-state index in [0.717, 1.165) is 0 Å². The number of nitrogens with two attached hydrogens (primary N) is 2. The van der Waals surface area contributed by atoms with Gasteiger partial charge in [-0.2, -0.15) is 4.99 Å². The molecule has 0 bridgehead atoms. The minimum atomic E-state index is -1.44. The largest absolute Gasteiger partial charge is 0.481 e. The second kappa shape index (κ2) is 7.10. The molecule has 9 nitrogen and oxygen atoms in total. The normalized spacial score (nSPS) is 21.6. The van der Waals surface area contributed by atoms with Gasteiger partial charge < -0.3 is 31.5 Å². The van der Waals surface area contributed by atoms with Gasteiger partial charge >= 0.3 is 19.1 Å². The molecule has 20 heavy (non-hydrogen) atoms. The Balaban J connectivity index is 2.74. The van der Waals surface area contributed by atoms with Crippen LogP contribution in [0.5, 0.6) is 0 Å². The molecule has 0 aromatic heterocycles. The topological polar surface area (TPSA) is 162 Å². The number of rotatable bonds is 5. The molecule has 2 unspecified atom stereocenters. The Kier molecular flexibility index (Phi) is 5.77. The van der Waals surface area contributed by atoms with Crippen molar-refractivity contribution in [2.45, 2.75) is 31.6 Å². The molecule has 10 heteroatoms. The number of hydrogen-bond acceptors (Lipinski definition) is 4. The predicted molar refractivity (Wildman–Crippen MR) is 71.7 cm³/mol. The number of carboxylic acid groups (broad SMARTS) is 1. The van der Waals surface area contributed by atoms with Crippen LogP contribution >= 0.6 is 0 Å². The first-order valence-electron chi connectivity index (χ1n) is 6.32. The van der Waals surface area contributed by atoms with Crippen LogP contribution in [0, 0.1) is 5.92 Å². The van der Waals surface area contributed by atoms with Crippen molar-refractivity contribution in [3.05, 3.63) is 0 Å². The molecular weight excluding hydrogens is 267 g/mol. The van der Waals surface area contributed by atoms with Gasteiger partial charge in [0.15, 0.2) is 5.96 Å². The molecule has 1 fully saturated rings. The van der Waals surface area contributed by atoms with Crippen LogP contribution in [-0.2, 0) is 4.79 Å². The molecule has 1 aliphatic heterocycles. The lowest BCUT2D eigenvalue weighted by Crippen LogP contribution is -2.40. The second-order valence-electron chi connectivity index (χ2n) is 4.72. The predicted octanol–water partition coefficient (Wildman–Crippen LogP) is -1.59. The summed E-state index contributed by atoms with van der Waals surface area (Å²) in [4.78, 5) is 27.7. The molecule has 7 N–H and O–H groups in total. The molecule has 0 aromatic rings. The standard InChI is InChI=1S/C10H19BN4O5/c12-9(13)14-10(18)15-5-3-6(8(16)17)7(15)2-1-4-11(19)20/h6-7,19-20H,1-5H2,(H,16,17)(H4,12,13,14,18). The van der Waals surface area contributed by atoms with Gasteiger partial charge in [-0.3, -0.25) is 4.79 Å². The van der Waals surface area contributed by atoms with E-state index in [9.17, 15) is 9.59 Å². The average Bonchev–Trinajstić information content (AvgIpc) is 2.71. The second-order valence-corrected chi connectivity index (χ2v) is 4.72. The van der Waals surface area contributed by atoms with Crippen molar-refractivity contribution >= 4 is 25.1 Å². The first kappa shape index (κ1) is 16.2. The number of guanidine groups is 1. The number of aliphatic imine (C=N–C) groups is 1. The third-order valence-electron chi connectivity index (χ3n) is 3.30. The minimum Gasteiger partial charge on any atom is -0.481 e. The zero-order chi connectivity index (χ0) is 15.3. The fourth-order valence-corrected chi connectivity index (χ4v) is 2.42. The van der Waals surface area contributed by atoms with Crippen LogP contribution in [0.2, 0.25) is 6.32 Å². The van der Waals surface area contributed by atoms with Gasteiger partial charge in [0.1, 0.15) is 0 Å². The summed E-state index contributed by atoms with van der Waals surface area (Å²) in [5, 5.41) is 26.8. The molecule has 0 spiro atoms. The average molecular weight is 286 g/mol. The molecule has 0 saturated carbocycles. The lowest BCUT2D eigenvalue weighted by molar-refractivity contribution is -0.142. The van der Waals surface area contributed by atoms with Crippen LogP contribution in [0.1, 0.15) is 19.3 Å². The Morgan fingerprint density at radius 2 is 2.00 bits per heavy atom. The maximum atomic E-state index is 11.8. The van der Waals surface area contributed by atoms with Gasteiger partial charge in [-0.05, 0) is 19.2 Å².